The number of hydrogen-bond donors (Lipinski definition) is 3. The molecule has 0 aliphatic heterocycles. The summed E-state index contributed by atoms with van der Waals surface area (Å²) in [6, 6.07) is 9.55. The predicted molar refractivity (Wildman–Crippen MR) is 115 cm³/mol. The molecule has 0 aliphatic rings. The monoisotopic (exact) mass is 389 g/mol. The second kappa shape index (κ2) is 7.75. The number of rotatable bonds is 5. The van der Waals surface area contributed by atoms with E-state index in [9.17, 15) is 4.79 Å². The number of carbonyl (C=O) groups excluding carboxylic acids is 1. The summed E-state index contributed by atoms with van der Waals surface area (Å²) < 4.78 is 1.81. The number of amides is 2. The molecule has 0 saturated carbocycles. The third-order valence-electron chi connectivity index (χ3n) is 4.70. The third kappa shape index (κ3) is 3.56. The molecule has 0 spiro atoms. The highest BCUT2D eigenvalue weighted by molar-refractivity contribution is 5.91. The largest absolute Gasteiger partial charge is 0.338 e. The Bertz CT molecular complexity index is 1180. The highest BCUT2D eigenvalue weighted by Crippen LogP contribution is 2.29. The zero-order valence-corrected chi connectivity index (χ0v) is 16.7. The van der Waals surface area contributed by atoms with Crippen molar-refractivity contribution in [2.75, 3.05) is 17.2 Å². The molecule has 4 rings (SSSR count). The van der Waals surface area contributed by atoms with Gasteiger partial charge in [-0.2, -0.15) is 0 Å². The van der Waals surface area contributed by atoms with Gasteiger partial charge in [0.1, 0.15) is 11.0 Å². The summed E-state index contributed by atoms with van der Waals surface area (Å²) in [5.41, 5.74) is 5.29. The summed E-state index contributed by atoms with van der Waals surface area (Å²) in [5, 5.41) is 9.06. The number of carbonyl (C=O) groups is 1. The molecule has 3 heterocycles. The molecule has 2 amide bonds. The van der Waals surface area contributed by atoms with Gasteiger partial charge in [-0.3, -0.25) is 9.72 Å². The van der Waals surface area contributed by atoms with Crippen LogP contribution in [0.5, 0.6) is 0 Å². The number of imidazole rings is 1. The van der Waals surface area contributed by atoms with Crippen molar-refractivity contribution in [3.05, 3.63) is 53.9 Å². The number of nitrogens with zero attached hydrogens (tertiary/aromatic N) is 4. The lowest BCUT2D eigenvalue weighted by atomic mass is 10.1. The normalized spacial score (nSPS) is 11.0. The topological polar surface area (TPSA) is 96.2 Å². The van der Waals surface area contributed by atoms with E-state index in [0.717, 1.165) is 28.8 Å². The van der Waals surface area contributed by atoms with E-state index in [1.54, 1.807) is 12.4 Å². The molecule has 0 radical (unpaired) electrons. The van der Waals surface area contributed by atoms with Crippen LogP contribution in [0.4, 0.5) is 22.2 Å². The molecule has 4 aromatic rings. The lowest BCUT2D eigenvalue weighted by Gasteiger charge is -2.14. The van der Waals surface area contributed by atoms with Crippen molar-refractivity contribution in [3.63, 3.8) is 0 Å². The summed E-state index contributed by atoms with van der Waals surface area (Å²) in [6.07, 6.45) is 4.24. The van der Waals surface area contributed by atoms with Crippen LogP contribution in [-0.2, 0) is 0 Å². The van der Waals surface area contributed by atoms with Gasteiger partial charge in [-0.1, -0.05) is 25.1 Å². The maximum absolute atomic E-state index is 12.2. The number of nitrogens with one attached hydrogen (secondary N) is 3. The molecule has 0 atom stereocenters. The lowest BCUT2D eigenvalue weighted by Crippen LogP contribution is -2.30. The number of pyridine rings is 1. The Hall–Kier alpha value is -3.68. The molecule has 0 saturated heterocycles. The van der Waals surface area contributed by atoms with Crippen molar-refractivity contribution in [2.45, 2.75) is 27.2 Å². The van der Waals surface area contributed by atoms with Gasteiger partial charge in [-0.15, -0.1) is 0 Å². The van der Waals surface area contributed by atoms with Crippen LogP contribution in [0.2, 0.25) is 0 Å². The van der Waals surface area contributed by atoms with Crippen molar-refractivity contribution in [2.24, 2.45) is 0 Å². The van der Waals surface area contributed by atoms with Crippen LogP contribution in [0.15, 0.2) is 42.7 Å². The molecule has 148 valence electrons. The Morgan fingerprint density at radius 2 is 1.90 bits per heavy atom. The highest BCUT2D eigenvalue weighted by Gasteiger charge is 2.16. The molecule has 1 aromatic carbocycles. The van der Waals surface area contributed by atoms with E-state index >= 15 is 0 Å². The van der Waals surface area contributed by atoms with Crippen molar-refractivity contribution in [1.29, 1.82) is 0 Å². The minimum absolute atomic E-state index is 0.301. The van der Waals surface area contributed by atoms with E-state index in [1.165, 1.54) is 0 Å². The van der Waals surface area contributed by atoms with E-state index < -0.39 is 0 Å². The first-order chi connectivity index (χ1) is 14.1. The van der Waals surface area contributed by atoms with Gasteiger partial charge in [0.2, 0.25) is 5.95 Å². The Morgan fingerprint density at radius 1 is 1.10 bits per heavy atom. The van der Waals surface area contributed by atoms with Crippen LogP contribution < -0.4 is 16.0 Å². The maximum atomic E-state index is 12.2. The fraction of sp³-hybridized carbons (Fsp3) is 0.238. The fourth-order valence-electron chi connectivity index (χ4n) is 3.25. The number of para-hydroxylation sites is 1. The molecule has 0 unspecified atom stereocenters. The molecule has 29 heavy (non-hydrogen) atoms. The molecule has 8 nitrogen and oxygen atoms in total. The zero-order chi connectivity index (χ0) is 20.4. The first kappa shape index (κ1) is 18.7. The minimum atomic E-state index is -0.301. The van der Waals surface area contributed by atoms with Gasteiger partial charge in [0.25, 0.3) is 0 Å². The second-order valence-electron chi connectivity index (χ2n) is 6.88. The van der Waals surface area contributed by atoms with Crippen molar-refractivity contribution < 1.29 is 4.79 Å². The summed E-state index contributed by atoms with van der Waals surface area (Å²) in [4.78, 5) is 25.8. The van der Waals surface area contributed by atoms with E-state index in [4.69, 9.17) is 4.98 Å². The van der Waals surface area contributed by atoms with Gasteiger partial charge in [-0.25, -0.2) is 19.7 Å². The molecular weight excluding hydrogens is 366 g/mol. The average Bonchev–Trinajstić information content (AvgIpc) is 3.13. The van der Waals surface area contributed by atoms with E-state index in [2.05, 4.69) is 51.9 Å². The zero-order valence-electron chi connectivity index (χ0n) is 16.7. The van der Waals surface area contributed by atoms with Crippen LogP contribution in [0.1, 0.15) is 24.5 Å². The van der Waals surface area contributed by atoms with Gasteiger partial charge < -0.3 is 10.6 Å². The number of urea groups is 1. The van der Waals surface area contributed by atoms with Gasteiger partial charge in [0.15, 0.2) is 11.5 Å². The molecule has 3 aromatic heterocycles. The number of benzene rings is 1. The number of hydrogen-bond acceptors (Lipinski definition) is 5. The van der Waals surface area contributed by atoms with Crippen LogP contribution in [0, 0.1) is 13.8 Å². The first-order valence-electron chi connectivity index (χ1n) is 9.58. The van der Waals surface area contributed by atoms with Crippen LogP contribution in [0.25, 0.3) is 16.7 Å². The van der Waals surface area contributed by atoms with E-state index in [0.29, 0.717) is 29.5 Å². The van der Waals surface area contributed by atoms with E-state index in [-0.39, 0.29) is 6.03 Å². The number of aryl methyl sites for hydroxylation is 2. The Kier molecular flexibility index (Phi) is 4.99. The van der Waals surface area contributed by atoms with Gasteiger partial charge in [0, 0.05) is 18.4 Å². The second-order valence-corrected chi connectivity index (χ2v) is 6.88. The first-order valence-corrected chi connectivity index (χ1v) is 9.58. The third-order valence-corrected chi connectivity index (χ3v) is 4.70. The minimum Gasteiger partial charge on any atom is -0.338 e. The summed E-state index contributed by atoms with van der Waals surface area (Å²) in [7, 11) is 0. The average molecular weight is 389 g/mol. The van der Waals surface area contributed by atoms with Gasteiger partial charge in [0.05, 0.1) is 6.20 Å². The summed E-state index contributed by atoms with van der Waals surface area (Å²) in [5.74, 6) is 1.04. The van der Waals surface area contributed by atoms with Crippen molar-refractivity contribution in [3.8, 4) is 0 Å². The fourth-order valence-corrected chi connectivity index (χ4v) is 3.25. The quantitative estimate of drug-likeness (QED) is 0.476. The summed E-state index contributed by atoms with van der Waals surface area (Å²) >= 11 is 0. The molecule has 0 aliphatic carbocycles. The summed E-state index contributed by atoms with van der Waals surface area (Å²) in [6.45, 7) is 6.70. The predicted octanol–water partition coefficient (Wildman–Crippen LogP) is 4.17. The Labute approximate surface area is 168 Å². The Balaban J connectivity index is 1.84. The molecule has 8 heteroatoms. The molecule has 0 bridgehead atoms. The van der Waals surface area contributed by atoms with Crippen LogP contribution in [0.3, 0.4) is 0 Å². The van der Waals surface area contributed by atoms with E-state index in [1.807, 2.05) is 29.5 Å². The van der Waals surface area contributed by atoms with Gasteiger partial charge >= 0.3 is 6.03 Å². The number of fused-ring (bicyclic) bond motifs is 3. The molecule has 3 N–H and O–H groups in total. The molecular formula is C21H23N7O. The Morgan fingerprint density at radius 3 is 2.66 bits per heavy atom. The van der Waals surface area contributed by atoms with Crippen LogP contribution in [-0.4, -0.2) is 31.9 Å². The standard InChI is InChI=1S/C21H23N7O/c1-4-10-23-21(29)27-20-24-12-16-18(26-17-13(2)7-5-8-14(17)3)25-15-9-6-11-22-19(15)28(16)20/h5-9,11-12H,4,10H2,1-3H3,(H,25,26)(H2,23,24,27,29). The number of aromatic nitrogens is 4. The van der Waals surface area contributed by atoms with Crippen molar-refractivity contribution >= 4 is 40.2 Å². The smallest absolute Gasteiger partial charge is 0.321 e. The number of anilines is 3. The highest BCUT2D eigenvalue weighted by atomic mass is 16.2. The lowest BCUT2D eigenvalue weighted by molar-refractivity contribution is 0.252. The maximum Gasteiger partial charge on any atom is 0.321 e. The SMILES string of the molecule is CCCNC(=O)Nc1ncc2c(Nc3c(C)cccc3C)nc3cccnc3n12. The van der Waals surface area contributed by atoms with Crippen molar-refractivity contribution in [1.82, 2.24) is 24.7 Å². The molecule has 0 fully saturated rings. The van der Waals surface area contributed by atoms with Crippen LogP contribution >= 0.6 is 0 Å². The van der Waals surface area contributed by atoms with Gasteiger partial charge in [-0.05, 0) is 43.5 Å².